The molecule has 0 fully saturated rings. The molecule has 0 unspecified atom stereocenters. The van der Waals surface area contributed by atoms with E-state index in [4.69, 9.17) is 0 Å². The van der Waals surface area contributed by atoms with Crippen molar-refractivity contribution in [3.05, 3.63) is 42.1 Å². The molecule has 0 radical (unpaired) electrons. The third-order valence-electron chi connectivity index (χ3n) is 2.53. The zero-order valence-corrected chi connectivity index (χ0v) is 10.3. The van der Waals surface area contributed by atoms with Gasteiger partial charge in [-0.1, -0.05) is 12.1 Å². The number of nitrogens with zero attached hydrogens (tertiary/aromatic N) is 2. The van der Waals surface area contributed by atoms with Crippen molar-refractivity contribution in [2.75, 3.05) is 5.32 Å². The van der Waals surface area contributed by atoms with Gasteiger partial charge in [-0.3, -0.25) is 9.48 Å². The van der Waals surface area contributed by atoms with Crippen molar-refractivity contribution in [3.63, 3.8) is 0 Å². The van der Waals surface area contributed by atoms with Crippen LogP contribution in [-0.2, 0) is 0 Å². The number of para-hydroxylation sites is 1. The first kappa shape index (κ1) is 12.2. The van der Waals surface area contributed by atoms with Gasteiger partial charge in [-0.05, 0) is 26.0 Å². The number of hydrogen-bond acceptors (Lipinski definition) is 3. The van der Waals surface area contributed by atoms with Crippen LogP contribution < -0.4 is 5.32 Å². The van der Waals surface area contributed by atoms with Gasteiger partial charge in [0.25, 0.3) is 5.91 Å². The maximum absolute atomic E-state index is 11.9. The Bertz CT molecular complexity index is 561. The minimum Gasteiger partial charge on any atom is -0.507 e. The van der Waals surface area contributed by atoms with E-state index in [0.29, 0.717) is 5.82 Å². The Kier molecular flexibility index (Phi) is 3.32. The Hall–Kier alpha value is -2.30. The molecule has 0 aliphatic rings. The Balaban J connectivity index is 2.14. The lowest BCUT2D eigenvalue weighted by molar-refractivity contribution is 0.102. The van der Waals surface area contributed by atoms with Crippen LogP contribution in [0.2, 0.25) is 0 Å². The van der Waals surface area contributed by atoms with Crippen molar-refractivity contribution in [3.8, 4) is 5.75 Å². The summed E-state index contributed by atoms with van der Waals surface area (Å²) >= 11 is 0. The van der Waals surface area contributed by atoms with Crippen molar-refractivity contribution < 1.29 is 9.90 Å². The zero-order chi connectivity index (χ0) is 13.1. The minimum absolute atomic E-state index is 0.0432. The lowest BCUT2D eigenvalue weighted by Crippen LogP contribution is -2.13. The highest BCUT2D eigenvalue weighted by Crippen LogP contribution is 2.17. The fourth-order valence-electron chi connectivity index (χ4n) is 1.54. The molecule has 2 N–H and O–H groups in total. The number of nitrogens with one attached hydrogen (secondary N) is 1. The van der Waals surface area contributed by atoms with E-state index < -0.39 is 0 Å². The van der Waals surface area contributed by atoms with Gasteiger partial charge in [0.2, 0.25) is 0 Å². The van der Waals surface area contributed by atoms with Gasteiger partial charge in [0, 0.05) is 18.3 Å². The average Bonchev–Trinajstić information content (AvgIpc) is 2.78. The number of hydrogen-bond donors (Lipinski definition) is 2. The normalized spacial score (nSPS) is 10.6. The summed E-state index contributed by atoms with van der Waals surface area (Å²) in [4.78, 5) is 11.9. The summed E-state index contributed by atoms with van der Waals surface area (Å²) in [6.07, 6.45) is 1.80. The largest absolute Gasteiger partial charge is 0.507 e. The van der Waals surface area contributed by atoms with Crippen LogP contribution in [0.15, 0.2) is 36.5 Å². The highest BCUT2D eigenvalue weighted by molar-refractivity contribution is 6.05. The first-order chi connectivity index (χ1) is 8.58. The van der Waals surface area contributed by atoms with Crippen LogP contribution >= 0.6 is 0 Å². The molecule has 0 bridgehead atoms. The summed E-state index contributed by atoms with van der Waals surface area (Å²) in [5.74, 6) is 0.0531. The number of phenolic OH excluding ortho intramolecular Hbond substituents is 1. The highest BCUT2D eigenvalue weighted by Gasteiger charge is 2.11. The summed E-state index contributed by atoms with van der Waals surface area (Å²) in [5.41, 5.74) is 0.233. The Morgan fingerprint density at radius 2 is 2.06 bits per heavy atom. The predicted molar refractivity (Wildman–Crippen MR) is 68.7 cm³/mol. The fraction of sp³-hybridized carbons (Fsp3) is 0.231. The number of amides is 1. The summed E-state index contributed by atoms with van der Waals surface area (Å²) in [6, 6.07) is 8.35. The van der Waals surface area contributed by atoms with Gasteiger partial charge < -0.3 is 10.4 Å². The van der Waals surface area contributed by atoms with Gasteiger partial charge in [-0.2, -0.15) is 5.10 Å². The molecule has 1 aromatic heterocycles. The third kappa shape index (κ3) is 2.51. The molecular weight excluding hydrogens is 230 g/mol. The summed E-state index contributed by atoms with van der Waals surface area (Å²) in [6.45, 7) is 4.00. The molecule has 5 heteroatoms. The second kappa shape index (κ2) is 4.91. The molecule has 0 aliphatic heterocycles. The molecule has 1 aromatic carbocycles. The van der Waals surface area contributed by atoms with Crippen molar-refractivity contribution in [2.45, 2.75) is 19.9 Å². The molecule has 18 heavy (non-hydrogen) atoms. The molecule has 5 nitrogen and oxygen atoms in total. The van der Waals surface area contributed by atoms with E-state index in [9.17, 15) is 9.90 Å². The van der Waals surface area contributed by atoms with E-state index in [1.807, 2.05) is 13.8 Å². The average molecular weight is 245 g/mol. The van der Waals surface area contributed by atoms with Crippen molar-refractivity contribution in [1.82, 2.24) is 9.78 Å². The van der Waals surface area contributed by atoms with Crippen LogP contribution in [0.1, 0.15) is 30.2 Å². The van der Waals surface area contributed by atoms with E-state index in [1.54, 1.807) is 35.1 Å². The summed E-state index contributed by atoms with van der Waals surface area (Å²) < 4.78 is 1.75. The van der Waals surface area contributed by atoms with E-state index >= 15 is 0 Å². The maximum Gasteiger partial charge on any atom is 0.260 e. The number of aromatic nitrogens is 2. The second-order valence-electron chi connectivity index (χ2n) is 4.25. The van der Waals surface area contributed by atoms with Gasteiger partial charge in [0.1, 0.15) is 5.75 Å². The van der Waals surface area contributed by atoms with Crippen molar-refractivity contribution in [1.29, 1.82) is 0 Å². The molecule has 1 heterocycles. The second-order valence-corrected chi connectivity index (χ2v) is 4.25. The predicted octanol–water partition coefficient (Wildman–Crippen LogP) is 2.42. The number of aromatic hydroxyl groups is 1. The van der Waals surface area contributed by atoms with Crippen molar-refractivity contribution >= 4 is 11.7 Å². The zero-order valence-electron chi connectivity index (χ0n) is 10.3. The molecule has 1 amide bonds. The number of benzene rings is 1. The van der Waals surface area contributed by atoms with Crippen LogP contribution in [0.4, 0.5) is 5.82 Å². The molecule has 2 rings (SSSR count). The molecule has 2 aromatic rings. The molecule has 0 saturated carbocycles. The SMILES string of the molecule is CC(C)n1ccc(NC(=O)c2ccccc2O)n1. The molecular formula is C13H15N3O2. The van der Waals surface area contributed by atoms with Crippen molar-refractivity contribution in [2.24, 2.45) is 0 Å². The van der Waals surface area contributed by atoms with Crippen LogP contribution in [0.5, 0.6) is 5.75 Å². The Morgan fingerprint density at radius 1 is 1.33 bits per heavy atom. The monoisotopic (exact) mass is 245 g/mol. The van der Waals surface area contributed by atoms with Crippen LogP contribution in [0, 0.1) is 0 Å². The maximum atomic E-state index is 11.9. The van der Waals surface area contributed by atoms with Gasteiger partial charge in [0.05, 0.1) is 5.56 Å². The van der Waals surface area contributed by atoms with E-state index in [-0.39, 0.29) is 23.3 Å². The molecule has 0 aliphatic carbocycles. The summed E-state index contributed by atoms with van der Waals surface area (Å²) in [7, 11) is 0. The molecule has 0 saturated heterocycles. The van der Waals surface area contributed by atoms with E-state index in [1.165, 1.54) is 6.07 Å². The molecule has 94 valence electrons. The lowest BCUT2D eigenvalue weighted by atomic mass is 10.2. The Labute approximate surface area is 105 Å². The molecule has 0 atom stereocenters. The topological polar surface area (TPSA) is 67.2 Å². The first-order valence-corrected chi connectivity index (χ1v) is 5.72. The van der Waals surface area contributed by atoms with Crippen LogP contribution in [-0.4, -0.2) is 20.8 Å². The third-order valence-corrected chi connectivity index (χ3v) is 2.53. The van der Waals surface area contributed by atoms with Gasteiger partial charge in [-0.15, -0.1) is 0 Å². The lowest BCUT2D eigenvalue weighted by Gasteiger charge is -2.05. The number of phenols is 1. The van der Waals surface area contributed by atoms with Gasteiger partial charge in [-0.25, -0.2) is 0 Å². The number of carbonyl (C=O) groups is 1. The first-order valence-electron chi connectivity index (χ1n) is 5.72. The highest BCUT2D eigenvalue weighted by atomic mass is 16.3. The van der Waals surface area contributed by atoms with E-state index in [0.717, 1.165) is 0 Å². The van der Waals surface area contributed by atoms with Crippen LogP contribution in [0.3, 0.4) is 0 Å². The summed E-state index contributed by atoms with van der Waals surface area (Å²) in [5, 5.41) is 16.4. The van der Waals surface area contributed by atoms with Gasteiger partial charge in [0.15, 0.2) is 5.82 Å². The van der Waals surface area contributed by atoms with E-state index in [2.05, 4.69) is 10.4 Å². The number of anilines is 1. The fourth-order valence-corrected chi connectivity index (χ4v) is 1.54. The quantitative estimate of drug-likeness (QED) is 0.872. The molecule has 0 spiro atoms. The number of rotatable bonds is 3. The van der Waals surface area contributed by atoms with Crippen LogP contribution in [0.25, 0.3) is 0 Å². The smallest absolute Gasteiger partial charge is 0.260 e. The number of carbonyl (C=O) groups excluding carboxylic acids is 1. The standard InChI is InChI=1S/C13H15N3O2/c1-9(2)16-8-7-12(15-16)14-13(18)10-5-3-4-6-11(10)17/h3-9,17H,1-2H3,(H,14,15,18). The van der Waals surface area contributed by atoms with Gasteiger partial charge >= 0.3 is 0 Å². The Morgan fingerprint density at radius 3 is 2.67 bits per heavy atom. The minimum atomic E-state index is -0.373.